The van der Waals surface area contributed by atoms with Crippen molar-refractivity contribution in [1.82, 2.24) is 0 Å². The molecule has 1 heterocycles. The molecule has 0 bridgehead atoms. The minimum absolute atomic E-state index is 0.185. The number of piperidine rings is 1. The number of aryl methyl sites for hydroxylation is 1. The number of hydrogen-bond donors (Lipinski definition) is 2. The molecule has 104 valence electrons. The van der Waals surface area contributed by atoms with E-state index in [9.17, 15) is 4.79 Å². The Labute approximate surface area is 114 Å². The Kier molecular flexibility index (Phi) is 4.10. The van der Waals surface area contributed by atoms with Crippen LogP contribution < -0.4 is 16.4 Å². The third-order valence-electron chi connectivity index (χ3n) is 3.96. The maximum absolute atomic E-state index is 11.6. The van der Waals surface area contributed by atoms with Gasteiger partial charge in [0.25, 0.3) is 5.91 Å². The van der Waals surface area contributed by atoms with E-state index in [-0.39, 0.29) is 11.9 Å². The van der Waals surface area contributed by atoms with Gasteiger partial charge in [0, 0.05) is 24.8 Å². The maximum Gasteiger partial charge on any atom is 0.250 e. The lowest BCUT2D eigenvalue weighted by molar-refractivity contribution is 0.100. The molecule has 2 unspecified atom stereocenters. The van der Waals surface area contributed by atoms with Gasteiger partial charge in [0.05, 0.1) is 5.56 Å². The molecule has 0 aromatic heterocycles. The van der Waals surface area contributed by atoms with Crippen LogP contribution in [0.2, 0.25) is 0 Å². The summed E-state index contributed by atoms with van der Waals surface area (Å²) in [4.78, 5) is 13.8. The lowest BCUT2D eigenvalue weighted by Gasteiger charge is -2.37. The van der Waals surface area contributed by atoms with Crippen LogP contribution in [0.4, 0.5) is 5.69 Å². The van der Waals surface area contributed by atoms with Crippen molar-refractivity contribution < 1.29 is 4.79 Å². The molecule has 4 nitrogen and oxygen atoms in total. The van der Waals surface area contributed by atoms with Gasteiger partial charge in [-0.25, -0.2) is 0 Å². The zero-order valence-corrected chi connectivity index (χ0v) is 11.7. The van der Waals surface area contributed by atoms with Crippen molar-refractivity contribution in [2.24, 2.45) is 17.4 Å². The Balaban J connectivity index is 2.30. The molecule has 1 aromatic rings. The Morgan fingerprint density at radius 2 is 2.21 bits per heavy atom. The summed E-state index contributed by atoms with van der Waals surface area (Å²) in [6.07, 6.45) is 2.27. The van der Waals surface area contributed by atoms with Crippen LogP contribution in [0.25, 0.3) is 0 Å². The molecule has 1 amide bonds. The fourth-order valence-corrected chi connectivity index (χ4v) is 2.77. The first kappa shape index (κ1) is 13.9. The van der Waals surface area contributed by atoms with Crippen LogP contribution in [0.3, 0.4) is 0 Å². The predicted octanol–water partition coefficient (Wildman–Crippen LogP) is 1.66. The normalized spacial score (nSPS) is 21.2. The first-order chi connectivity index (χ1) is 8.99. The maximum atomic E-state index is 11.6. The van der Waals surface area contributed by atoms with Crippen molar-refractivity contribution in [3.05, 3.63) is 29.3 Å². The molecular formula is C15H23N3O. The van der Waals surface area contributed by atoms with Crippen LogP contribution in [0.15, 0.2) is 18.2 Å². The zero-order valence-electron chi connectivity index (χ0n) is 11.7. The molecule has 0 radical (unpaired) electrons. The van der Waals surface area contributed by atoms with Crippen molar-refractivity contribution in [3.63, 3.8) is 0 Å². The molecule has 2 rings (SSSR count). The Morgan fingerprint density at radius 1 is 1.47 bits per heavy atom. The van der Waals surface area contributed by atoms with Crippen LogP contribution >= 0.6 is 0 Å². The van der Waals surface area contributed by atoms with E-state index in [2.05, 4.69) is 11.8 Å². The zero-order chi connectivity index (χ0) is 14.0. The number of carbonyl (C=O) groups excluding carboxylic acids is 1. The number of carbonyl (C=O) groups is 1. The largest absolute Gasteiger partial charge is 0.371 e. The Hall–Kier alpha value is -1.55. The van der Waals surface area contributed by atoms with Gasteiger partial charge in [0.1, 0.15) is 0 Å². The van der Waals surface area contributed by atoms with E-state index in [1.54, 1.807) is 0 Å². The molecule has 1 aromatic carbocycles. The summed E-state index contributed by atoms with van der Waals surface area (Å²) in [6.45, 7) is 5.95. The number of primary amides is 1. The average Bonchev–Trinajstić information content (AvgIpc) is 2.38. The van der Waals surface area contributed by atoms with E-state index in [0.29, 0.717) is 11.5 Å². The minimum Gasteiger partial charge on any atom is -0.371 e. The number of benzene rings is 1. The smallest absolute Gasteiger partial charge is 0.250 e. The third kappa shape index (κ3) is 3.07. The van der Waals surface area contributed by atoms with Crippen LogP contribution in [0.1, 0.15) is 35.7 Å². The van der Waals surface area contributed by atoms with Gasteiger partial charge in [-0.05, 0) is 50.3 Å². The number of amides is 1. The first-order valence-electron chi connectivity index (χ1n) is 6.90. The SMILES string of the molecule is Cc1ccc(C(N)=O)c(N2CCCC(C(C)N)C2)c1. The molecule has 0 saturated carbocycles. The van der Waals surface area contributed by atoms with Gasteiger partial charge in [0.15, 0.2) is 0 Å². The highest BCUT2D eigenvalue weighted by Crippen LogP contribution is 2.28. The van der Waals surface area contributed by atoms with Crippen LogP contribution in [-0.4, -0.2) is 25.0 Å². The van der Waals surface area contributed by atoms with Crippen LogP contribution in [0, 0.1) is 12.8 Å². The van der Waals surface area contributed by atoms with Gasteiger partial charge >= 0.3 is 0 Å². The van der Waals surface area contributed by atoms with E-state index in [1.165, 1.54) is 0 Å². The monoisotopic (exact) mass is 261 g/mol. The standard InChI is InChI=1S/C15H23N3O/c1-10-5-6-13(15(17)19)14(8-10)18-7-3-4-12(9-18)11(2)16/h5-6,8,11-12H,3-4,7,9,16H2,1-2H3,(H2,17,19). The second-order valence-corrected chi connectivity index (χ2v) is 5.59. The van der Waals surface area contributed by atoms with Crippen LogP contribution in [-0.2, 0) is 0 Å². The molecule has 1 saturated heterocycles. The number of hydrogen-bond acceptors (Lipinski definition) is 3. The van der Waals surface area contributed by atoms with Crippen LogP contribution in [0.5, 0.6) is 0 Å². The summed E-state index contributed by atoms with van der Waals surface area (Å²) in [7, 11) is 0. The van der Waals surface area contributed by atoms with Gasteiger partial charge < -0.3 is 16.4 Å². The van der Waals surface area contributed by atoms with Gasteiger partial charge in [-0.15, -0.1) is 0 Å². The van der Waals surface area contributed by atoms with Crippen molar-refractivity contribution in [2.75, 3.05) is 18.0 Å². The minimum atomic E-state index is -0.363. The summed E-state index contributed by atoms with van der Waals surface area (Å²) in [6, 6.07) is 5.98. The molecule has 19 heavy (non-hydrogen) atoms. The lowest BCUT2D eigenvalue weighted by Crippen LogP contribution is -2.43. The lowest BCUT2D eigenvalue weighted by atomic mass is 9.91. The van der Waals surface area contributed by atoms with Crippen molar-refractivity contribution in [2.45, 2.75) is 32.7 Å². The van der Waals surface area contributed by atoms with E-state index in [0.717, 1.165) is 37.2 Å². The van der Waals surface area contributed by atoms with E-state index >= 15 is 0 Å². The Bertz CT molecular complexity index is 470. The number of nitrogens with zero attached hydrogens (tertiary/aromatic N) is 1. The van der Waals surface area contributed by atoms with Crippen molar-refractivity contribution >= 4 is 11.6 Å². The van der Waals surface area contributed by atoms with Gasteiger partial charge in [-0.1, -0.05) is 6.07 Å². The molecule has 1 aliphatic rings. The average molecular weight is 261 g/mol. The van der Waals surface area contributed by atoms with Crippen molar-refractivity contribution in [3.8, 4) is 0 Å². The second-order valence-electron chi connectivity index (χ2n) is 5.59. The van der Waals surface area contributed by atoms with Crippen molar-refractivity contribution in [1.29, 1.82) is 0 Å². The quantitative estimate of drug-likeness (QED) is 0.869. The second kappa shape index (κ2) is 5.61. The van der Waals surface area contributed by atoms with E-state index in [4.69, 9.17) is 11.5 Å². The molecule has 0 aliphatic carbocycles. The summed E-state index contributed by atoms with van der Waals surface area (Å²) in [5, 5.41) is 0. The first-order valence-corrected chi connectivity index (χ1v) is 6.90. The summed E-state index contributed by atoms with van der Waals surface area (Å²) in [5.74, 6) is 0.118. The highest BCUT2D eigenvalue weighted by Gasteiger charge is 2.25. The predicted molar refractivity (Wildman–Crippen MR) is 78.3 cm³/mol. The summed E-state index contributed by atoms with van der Waals surface area (Å²) >= 11 is 0. The molecule has 1 fully saturated rings. The Morgan fingerprint density at radius 3 is 2.84 bits per heavy atom. The van der Waals surface area contributed by atoms with Gasteiger partial charge in [0.2, 0.25) is 0 Å². The third-order valence-corrected chi connectivity index (χ3v) is 3.96. The summed E-state index contributed by atoms with van der Waals surface area (Å²) < 4.78 is 0. The van der Waals surface area contributed by atoms with E-state index in [1.807, 2.05) is 25.1 Å². The summed E-state index contributed by atoms with van der Waals surface area (Å²) in [5.41, 5.74) is 14.2. The highest BCUT2D eigenvalue weighted by molar-refractivity contribution is 5.98. The number of anilines is 1. The molecule has 2 atom stereocenters. The van der Waals surface area contributed by atoms with E-state index < -0.39 is 0 Å². The highest BCUT2D eigenvalue weighted by atomic mass is 16.1. The fraction of sp³-hybridized carbons (Fsp3) is 0.533. The topological polar surface area (TPSA) is 72.4 Å². The number of rotatable bonds is 3. The van der Waals surface area contributed by atoms with Gasteiger partial charge in [-0.2, -0.15) is 0 Å². The fourth-order valence-electron chi connectivity index (χ4n) is 2.77. The molecular weight excluding hydrogens is 238 g/mol. The molecule has 0 spiro atoms. The van der Waals surface area contributed by atoms with Gasteiger partial charge in [-0.3, -0.25) is 4.79 Å². The molecule has 1 aliphatic heterocycles. The number of nitrogens with two attached hydrogens (primary N) is 2. The molecule has 4 N–H and O–H groups in total. The molecule has 4 heteroatoms.